The Morgan fingerprint density at radius 3 is 2.65 bits per heavy atom. The largest absolute Gasteiger partial charge is 0.490 e. The molecule has 2 aliphatic rings. The number of carbonyl (C=O) groups is 1. The van der Waals surface area contributed by atoms with E-state index in [2.05, 4.69) is 27.0 Å². The molecule has 10 heteroatoms. The van der Waals surface area contributed by atoms with E-state index in [1.54, 1.807) is 11.3 Å². The molecule has 1 aromatic heterocycles. The minimum atomic E-state index is -5.08. The van der Waals surface area contributed by atoms with Crippen molar-refractivity contribution in [1.82, 2.24) is 9.88 Å². The van der Waals surface area contributed by atoms with E-state index in [9.17, 15) is 13.2 Å². The number of aliphatic carboxylic acids is 1. The number of rotatable bonds is 3. The maximum Gasteiger partial charge on any atom is 0.490 e. The number of hydrogen-bond acceptors (Lipinski definition) is 6. The van der Waals surface area contributed by atoms with E-state index < -0.39 is 12.1 Å². The van der Waals surface area contributed by atoms with Gasteiger partial charge < -0.3 is 9.84 Å². The van der Waals surface area contributed by atoms with Crippen LogP contribution >= 0.6 is 23.1 Å². The number of methoxy groups -OCH3 is 1. The van der Waals surface area contributed by atoms with Gasteiger partial charge in [-0.1, -0.05) is 0 Å². The van der Waals surface area contributed by atoms with E-state index in [0.29, 0.717) is 10.9 Å². The molecule has 0 radical (unpaired) electrons. The summed E-state index contributed by atoms with van der Waals surface area (Å²) in [6.07, 6.45) is -1.49. The lowest BCUT2D eigenvalue weighted by Crippen LogP contribution is -2.58. The monoisotopic (exact) mass is 370 g/mol. The zero-order valence-corrected chi connectivity index (χ0v) is 14.0. The summed E-state index contributed by atoms with van der Waals surface area (Å²) in [6, 6.07) is 0. The van der Waals surface area contributed by atoms with Crippen molar-refractivity contribution in [3.8, 4) is 0 Å². The Kier molecular flexibility index (Phi) is 5.93. The number of carboxylic acids is 1. The highest BCUT2D eigenvalue weighted by atomic mass is 32.2. The predicted molar refractivity (Wildman–Crippen MR) is 81.7 cm³/mol. The van der Waals surface area contributed by atoms with Crippen LogP contribution in [0.3, 0.4) is 0 Å². The van der Waals surface area contributed by atoms with Gasteiger partial charge in [-0.15, -0.1) is 23.1 Å². The first-order valence-electron chi connectivity index (χ1n) is 6.82. The Morgan fingerprint density at radius 1 is 1.57 bits per heavy atom. The summed E-state index contributed by atoms with van der Waals surface area (Å²) in [6.45, 7) is 3.44. The lowest BCUT2D eigenvalue weighted by atomic mass is 9.93. The summed E-state index contributed by atoms with van der Waals surface area (Å²) >= 11 is 3.85. The number of carboxylic acid groups (broad SMARTS) is 1. The zero-order valence-electron chi connectivity index (χ0n) is 12.4. The SMILES string of the molecule is COC1CSC2(C1)CN(Cc1nccs1)C2.O=C(O)C(F)(F)F. The highest BCUT2D eigenvalue weighted by molar-refractivity contribution is 8.01. The Labute approximate surface area is 139 Å². The Hall–Kier alpha value is -0.840. The fraction of sp³-hybridized carbons (Fsp3) is 0.692. The van der Waals surface area contributed by atoms with Crippen LogP contribution in [0.1, 0.15) is 11.4 Å². The first kappa shape index (κ1) is 18.5. The maximum absolute atomic E-state index is 10.6. The lowest BCUT2D eigenvalue weighted by molar-refractivity contribution is -0.192. The smallest absolute Gasteiger partial charge is 0.475 e. The molecule has 1 atom stereocenters. The third-order valence-corrected chi connectivity index (χ3v) is 5.96. The Bertz CT molecular complexity index is 519. The van der Waals surface area contributed by atoms with Gasteiger partial charge in [0, 0.05) is 42.3 Å². The predicted octanol–water partition coefficient (Wildman–Crippen LogP) is 2.48. The van der Waals surface area contributed by atoms with Gasteiger partial charge in [0.1, 0.15) is 5.01 Å². The molecule has 2 fully saturated rings. The van der Waals surface area contributed by atoms with Crippen LogP contribution in [0.2, 0.25) is 0 Å². The van der Waals surface area contributed by atoms with Crippen LogP contribution in [-0.4, -0.2) is 63.9 Å². The topological polar surface area (TPSA) is 62.7 Å². The van der Waals surface area contributed by atoms with E-state index in [1.807, 2.05) is 13.3 Å². The van der Waals surface area contributed by atoms with Gasteiger partial charge in [-0.3, -0.25) is 4.90 Å². The van der Waals surface area contributed by atoms with Crippen molar-refractivity contribution in [2.75, 3.05) is 26.0 Å². The van der Waals surface area contributed by atoms with Gasteiger partial charge in [0.2, 0.25) is 0 Å². The van der Waals surface area contributed by atoms with Crippen LogP contribution in [0.15, 0.2) is 11.6 Å². The highest BCUT2D eigenvalue weighted by Crippen LogP contribution is 2.46. The molecule has 1 aromatic rings. The molecule has 0 aromatic carbocycles. The average Bonchev–Trinajstić information content (AvgIpc) is 3.07. The van der Waals surface area contributed by atoms with Crippen LogP contribution in [0.4, 0.5) is 13.2 Å². The van der Waals surface area contributed by atoms with Crippen LogP contribution in [-0.2, 0) is 16.1 Å². The second kappa shape index (κ2) is 7.37. The maximum atomic E-state index is 10.6. The van der Waals surface area contributed by atoms with E-state index >= 15 is 0 Å². The van der Waals surface area contributed by atoms with E-state index in [-0.39, 0.29) is 0 Å². The molecule has 5 nitrogen and oxygen atoms in total. The normalized spacial score (nSPS) is 23.2. The number of ether oxygens (including phenoxy) is 1. The van der Waals surface area contributed by atoms with Gasteiger partial charge in [0.25, 0.3) is 0 Å². The quantitative estimate of drug-likeness (QED) is 0.882. The van der Waals surface area contributed by atoms with Gasteiger partial charge in [-0.2, -0.15) is 13.2 Å². The highest BCUT2D eigenvalue weighted by Gasteiger charge is 2.49. The average molecular weight is 370 g/mol. The first-order valence-corrected chi connectivity index (χ1v) is 8.68. The summed E-state index contributed by atoms with van der Waals surface area (Å²) < 4.78 is 37.7. The summed E-state index contributed by atoms with van der Waals surface area (Å²) in [5.41, 5.74) is 0. The van der Waals surface area contributed by atoms with Crippen molar-refractivity contribution in [2.24, 2.45) is 0 Å². The molecule has 23 heavy (non-hydrogen) atoms. The van der Waals surface area contributed by atoms with Gasteiger partial charge in [0.05, 0.1) is 12.6 Å². The second-order valence-corrected chi connectivity index (χ2v) is 7.90. The fourth-order valence-corrected chi connectivity index (χ4v) is 4.88. The minimum Gasteiger partial charge on any atom is -0.475 e. The van der Waals surface area contributed by atoms with Crippen LogP contribution in [0.25, 0.3) is 0 Å². The van der Waals surface area contributed by atoms with Gasteiger partial charge in [-0.25, -0.2) is 9.78 Å². The minimum absolute atomic E-state index is 0.479. The Morgan fingerprint density at radius 2 is 2.22 bits per heavy atom. The fourth-order valence-electron chi connectivity index (χ4n) is 2.58. The second-order valence-electron chi connectivity index (χ2n) is 5.43. The molecular weight excluding hydrogens is 353 g/mol. The number of aromatic nitrogens is 1. The molecule has 0 saturated carbocycles. The van der Waals surface area contributed by atoms with E-state index in [4.69, 9.17) is 14.6 Å². The van der Waals surface area contributed by atoms with Crippen LogP contribution in [0, 0.1) is 0 Å². The molecule has 130 valence electrons. The van der Waals surface area contributed by atoms with E-state index in [0.717, 1.165) is 6.54 Å². The summed E-state index contributed by atoms with van der Waals surface area (Å²) in [7, 11) is 1.83. The number of alkyl halides is 3. The summed E-state index contributed by atoms with van der Waals surface area (Å²) in [5, 5.41) is 10.4. The Balaban J connectivity index is 0.000000236. The first-order chi connectivity index (χ1) is 10.7. The number of thioether (sulfide) groups is 1. The third kappa shape index (κ3) is 5.07. The molecule has 2 saturated heterocycles. The molecular formula is C13H17F3N2O3S2. The van der Waals surface area contributed by atoms with Crippen molar-refractivity contribution in [3.05, 3.63) is 16.6 Å². The van der Waals surface area contributed by atoms with Crippen molar-refractivity contribution >= 4 is 29.1 Å². The number of hydrogen-bond donors (Lipinski definition) is 1. The molecule has 0 bridgehead atoms. The molecule has 1 unspecified atom stereocenters. The standard InChI is InChI=1S/C11H16N2OS2.C2HF3O2/c1-14-9-4-11(16-6-9)7-13(8-11)5-10-12-2-3-15-10;3-2(4,5)1(6)7/h2-3,9H,4-8H2,1H3;(H,6,7). The molecule has 1 spiro atoms. The van der Waals surface area contributed by atoms with Crippen molar-refractivity contribution in [1.29, 1.82) is 0 Å². The molecule has 1 N–H and O–H groups in total. The van der Waals surface area contributed by atoms with Crippen LogP contribution < -0.4 is 0 Å². The van der Waals surface area contributed by atoms with E-state index in [1.165, 1.54) is 30.3 Å². The van der Waals surface area contributed by atoms with Crippen molar-refractivity contribution in [3.63, 3.8) is 0 Å². The van der Waals surface area contributed by atoms with Gasteiger partial charge >= 0.3 is 12.1 Å². The lowest BCUT2D eigenvalue weighted by Gasteiger charge is -2.47. The number of nitrogens with zero attached hydrogens (tertiary/aromatic N) is 2. The summed E-state index contributed by atoms with van der Waals surface area (Å²) in [4.78, 5) is 15.7. The summed E-state index contributed by atoms with van der Waals surface area (Å²) in [5.74, 6) is -1.59. The van der Waals surface area contributed by atoms with Gasteiger partial charge in [0.15, 0.2) is 0 Å². The third-order valence-electron chi connectivity index (χ3n) is 3.62. The van der Waals surface area contributed by atoms with Crippen molar-refractivity contribution < 1.29 is 27.8 Å². The van der Waals surface area contributed by atoms with Gasteiger partial charge in [-0.05, 0) is 6.42 Å². The number of likely N-dealkylation sites (tertiary alicyclic amines) is 1. The zero-order chi connectivity index (χ0) is 17.1. The molecule has 0 amide bonds. The molecule has 3 rings (SSSR count). The number of thiazole rings is 1. The number of halogens is 3. The van der Waals surface area contributed by atoms with Crippen molar-refractivity contribution in [2.45, 2.75) is 30.0 Å². The van der Waals surface area contributed by atoms with Crippen LogP contribution in [0.5, 0.6) is 0 Å². The molecule has 3 heterocycles. The molecule has 0 aliphatic carbocycles. The molecule has 2 aliphatic heterocycles.